The van der Waals surface area contributed by atoms with Gasteiger partial charge in [-0.1, -0.05) is 0 Å². The summed E-state index contributed by atoms with van der Waals surface area (Å²) in [6.07, 6.45) is 1.45. The summed E-state index contributed by atoms with van der Waals surface area (Å²) < 4.78 is 5.19. The molecule has 0 radical (unpaired) electrons. The van der Waals surface area contributed by atoms with Crippen molar-refractivity contribution in [3.63, 3.8) is 0 Å². The average Bonchev–Trinajstić information content (AvgIpc) is 1.88. The molecule has 2 atom stereocenters. The van der Waals surface area contributed by atoms with Gasteiger partial charge in [0.05, 0.1) is 12.0 Å². The van der Waals surface area contributed by atoms with E-state index in [9.17, 15) is 4.79 Å². The van der Waals surface area contributed by atoms with E-state index >= 15 is 0 Å². The largest absolute Gasteiger partial charge is 0.481 e. The van der Waals surface area contributed by atoms with Crippen LogP contribution >= 0.6 is 0 Å². The number of carboxylic acids is 1. The molecular formula is C7H12O3. The Balaban J connectivity index is 2.39. The van der Waals surface area contributed by atoms with E-state index in [1.165, 1.54) is 0 Å². The first kappa shape index (κ1) is 7.54. The third kappa shape index (κ3) is 1.70. The van der Waals surface area contributed by atoms with Crippen LogP contribution in [-0.2, 0) is 9.53 Å². The third-order valence-electron chi connectivity index (χ3n) is 1.83. The van der Waals surface area contributed by atoms with Gasteiger partial charge in [-0.3, -0.25) is 4.79 Å². The molecule has 1 heterocycles. The molecule has 1 saturated heterocycles. The molecule has 1 rings (SSSR count). The number of hydrogen-bond donors (Lipinski definition) is 1. The second kappa shape index (κ2) is 3.01. The van der Waals surface area contributed by atoms with Crippen LogP contribution < -0.4 is 0 Å². The van der Waals surface area contributed by atoms with Crippen molar-refractivity contribution < 1.29 is 14.6 Å². The van der Waals surface area contributed by atoms with Gasteiger partial charge in [0.15, 0.2) is 0 Å². The Labute approximate surface area is 60.0 Å². The molecule has 1 aliphatic heterocycles. The predicted molar refractivity (Wildman–Crippen MR) is 35.8 cm³/mol. The maximum Gasteiger partial charge on any atom is 0.306 e. The van der Waals surface area contributed by atoms with Gasteiger partial charge in [0.25, 0.3) is 0 Å². The van der Waals surface area contributed by atoms with Gasteiger partial charge in [-0.25, -0.2) is 0 Å². The Morgan fingerprint density at radius 3 is 2.80 bits per heavy atom. The van der Waals surface area contributed by atoms with Crippen molar-refractivity contribution in [2.24, 2.45) is 5.92 Å². The van der Waals surface area contributed by atoms with Crippen LogP contribution in [-0.4, -0.2) is 23.8 Å². The second-order valence-electron chi connectivity index (χ2n) is 2.74. The molecule has 1 fully saturated rings. The van der Waals surface area contributed by atoms with Crippen LogP contribution in [0.5, 0.6) is 0 Å². The second-order valence-corrected chi connectivity index (χ2v) is 2.74. The van der Waals surface area contributed by atoms with E-state index in [1.807, 2.05) is 6.92 Å². The van der Waals surface area contributed by atoms with Crippen molar-refractivity contribution >= 4 is 5.97 Å². The molecule has 0 saturated carbocycles. The molecule has 0 spiro atoms. The lowest BCUT2D eigenvalue weighted by Gasteiger charge is -2.23. The molecule has 0 amide bonds. The Bertz CT molecular complexity index is 133. The van der Waals surface area contributed by atoms with Crippen molar-refractivity contribution in [3.8, 4) is 0 Å². The summed E-state index contributed by atoms with van der Waals surface area (Å²) >= 11 is 0. The Kier molecular flexibility index (Phi) is 2.27. The van der Waals surface area contributed by atoms with E-state index in [0.29, 0.717) is 19.4 Å². The van der Waals surface area contributed by atoms with Crippen LogP contribution in [0.15, 0.2) is 0 Å². The van der Waals surface area contributed by atoms with Crippen molar-refractivity contribution in [3.05, 3.63) is 0 Å². The molecule has 10 heavy (non-hydrogen) atoms. The number of carboxylic acid groups (broad SMARTS) is 1. The fourth-order valence-corrected chi connectivity index (χ4v) is 1.22. The number of aliphatic carboxylic acids is 1. The molecule has 0 bridgehead atoms. The van der Waals surface area contributed by atoms with E-state index in [1.54, 1.807) is 0 Å². The molecule has 3 heteroatoms. The SMILES string of the molecule is CC1CC(C(=O)O)CCO1. The van der Waals surface area contributed by atoms with Crippen molar-refractivity contribution in [1.29, 1.82) is 0 Å². The van der Waals surface area contributed by atoms with E-state index in [4.69, 9.17) is 9.84 Å². The number of ether oxygens (including phenoxy) is 1. The number of rotatable bonds is 1. The van der Waals surface area contributed by atoms with E-state index < -0.39 is 5.97 Å². The highest BCUT2D eigenvalue weighted by molar-refractivity contribution is 5.70. The van der Waals surface area contributed by atoms with Crippen LogP contribution in [0.1, 0.15) is 19.8 Å². The molecule has 3 nitrogen and oxygen atoms in total. The quantitative estimate of drug-likeness (QED) is 0.594. The molecule has 1 N–H and O–H groups in total. The maximum atomic E-state index is 10.4. The Morgan fingerprint density at radius 1 is 1.70 bits per heavy atom. The number of hydrogen-bond acceptors (Lipinski definition) is 2. The van der Waals surface area contributed by atoms with Gasteiger partial charge in [0.1, 0.15) is 0 Å². The standard InChI is InChI=1S/C7H12O3/c1-5-4-6(7(8)9)2-3-10-5/h5-6H,2-4H2,1H3,(H,8,9). The minimum absolute atomic E-state index is 0.120. The minimum Gasteiger partial charge on any atom is -0.481 e. The average molecular weight is 144 g/mol. The summed E-state index contributed by atoms with van der Waals surface area (Å²) in [5, 5.41) is 8.60. The molecule has 2 unspecified atom stereocenters. The monoisotopic (exact) mass is 144 g/mol. The Morgan fingerprint density at radius 2 is 2.40 bits per heavy atom. The molecule has 58 valence electrons. The van der Waals surface area contributed by atoms with Crippen molar-refractivity contribution in [2.75, 3.05) is 6.61 Å². The van der Waals surface area contributed by atoms with Gasteiger partial charge in [0.2, 0.25) is 0 Å². The summed E-state index contributed by atoms with van der Waals surface area (Å²) in [5.41, 5.74) is 0. The summed E-state index contributed by atoms with van der Waals surface area (Å²) in [5.74, 6) is -0.862. The summed E-state index contributed by atoms with van der Waals surface area (Å²) in [6, 6.07) is 0. The van der Waals surface area contributed by atoms with E-state index in [2.05, 4.69) is 0 Å². The van der Waals surface area contributed by atoms with Crippen LogP contribution in [0.4, 0.5) is 0 Å². The van der Waals surface area contributed by atoms with Crippen LogP contribution in [0, 0.1) is 5.92 Å². The lowest BCUT2D eigenvalue weighted by atomic mass is 9.97. The predicted octanol–water partition coefficient (Wildman–Crippen LogP) is 0.886. The highest BCUT2D eigenvalue weighted by Crippen LogP contribution is 2.19. The summed E-state index contributed by atoms with van der Waals surface area (Å²) in [7, 11) is 0. The normalized spacial score (nSPS) is 33.7. The lowest BCUT2D eigenvalue weighted by molar-refractivity contribution is -0.146. The van der Waals surface area contributed by atoms with Gasteiger partial charge < -0.3 is 9.84 Å². The zero-order valence-corrected chi connectivity index (χ0v) is 6.04. The zero-order valence-electron chi connectivity index (χ0n) is 6.04. The fraction of sp³-hybridized carbons (Fsp3) is 0.857. The molecular weight excluding hydrogens is 132 g/mol. The van der Waals surface area contributed by atoms with Gasteiger partial charge in [-0.15, -0.1) is 0 Å². The summed E-state index contributed by atoms with van der Waals surface area (Å²) in [4.78, 5) is 10.4. The maximum absolute atomic E-state index is 10.4. The zero-order chi connectivity index (χ0) is 7.56. The van der Waals surface area contributed by atoms with Gasteiger partial charge >= 0.3 is 5.97 Å². The van der Waals surface area contributed by atoms with Gasteiger partial charge in [-0.2, -0.15) is 0 Å². The third-order valence-corrected chi connectivity index (χ3v) is 1.83. The molecule has 0 aromatic rings. The number of carbonyl (C=O) groups is 1. The topological polar surface area (TPSA) is 46.5 Å². The smallest absolute Gasteiger partial charge is 0.306 e. The first-order chi connectivity index (χ1) is 4.70. The van der Waals surface area contributed by atoms with Gasteiger partial charge in [-0.05, 0) is 19.8 Å². The van der Waals surface area contributed by atoms with E-state index in [0.717, 1.165) is 0 Å². The minimum atomic E-state index is -0.685. The first-order valence-corrected chi connectivity index (χ1v) is 3.54. The summed E-state index contributed by atoms with van der Waals surface area (Å²) in [6.45, 7) is 2.51. The van der Waals surface area contributed by atoms with E-state index in [-0.39, 0.29) is 12.0 Å². The van der Waals surface area contributed by atoms with Crippen LogP contribution in [0.3, 0.4) is 0 Å². The molecule has 0 aliphatic carbocycles. The van der Waals surface area contributed by atoms with Gasteiger partial charge in [0, 0.05) is 6.61 Å². The highest BCUT2D eigenvalue weighted by Gasteiger charge is 2.24. The van der Waals surface area contributed by atoms with Crippen molar-refractivity contribution in [1.82, 2.24) is 0 Å². The Hall–Kier alpha value is -0.570. The molecule has 0 aromatic carbocycles. The van der Waals surface area contributed by atoms with Crippen LogP contribution in [0.25, 0.3) is 0 Å². The molecule has 1 aliphatic rings. The lowest BCUT2D eigenvalue weighted by Crippen LogP contribution is -2.28. The van der Waals surface area contributed by atoms with Crippen molar-refractivity contribution in [2.45, 2.75) is 25.9 Å². The highest BCUT2D eigenvalue weighted by atomic mass is 16.5. The molecule has 0 aromatic heterocycles. The fourth-order valence-electron chi connectivity index (χ4n) is 1.22. The van der Waals surface area contributed by atoms with Crippen LogP contribution in [0.2, 0.25) is 0 Å². The first-order valence-electron chi connectivity index (χ1n) is 3.54.